The van der Waals surface area contributed by atoms with Crippen LogP contribution in [0.5, 0.6) is 5.75 Å². The summed E-state index contributed by atoms with van der Waals surface area (Å²) in [5, 5.41) is 2.75. The molecule has 0 fully saturated rings. The molecule has 0 radical (unpaired) electrons. The molecular formula is C14H19NO4. The number of anilines is 1. The predicted octanol–water partition coefficient (Wildman–Crippen LogP) is 2.20. The number of nitrogens with one attached hydrogen (secondary N) is 1. The molecule has 0 heterocycles. The van der Waals surface area contributed by atoms with Gasteiger partial charge in [-0.15, -0.1) is 0 Å². The van der Waals surface area contributed by atoms with Crippen molar-refractivity contribution < 1.29 is 19.1 Å². The number of rotatable bonds is 5. The average molecular weight is 265 g/mol. The number of esters is 1. The zero-order valence-corrected chi connectivity index (χ0v) is 11.7. The van der Waals surface area contributed by atoms with E-state index >= 15 is 0 Å². The molecular weight excluding hydrogens is 246 g/mol. The fraction of sp³-hybridized carbons (Fsp3) is 0.429. The summed E-state index contributed by atoms with van der Waals surface area (Å²) in [6.45, 7) is 3.83. The summed E-state index contributed by atoms with van der Waals surface area (Å²) in [4.78, 5) is 22.6. The van der Waals surface area contributed by atoms with E-state index in [4.69, 9.17) is 4.74 Å². The molecule has 1 aromatic carbocycles. The van der Waals surface area contributed by atoms with Gasteiger partial charge in [-0.05, 0) is 37.1 Å². The Morgan fingerprint density at radius 3 is 2.16 bits per heavy atom. The maximum Gasteiger partial charge on any atom is 0.306 e. The number of hydrogen-bond donors (Lipinski definition) is 1. The molecule has 1 aromatic rings. The van der Waals surface area contributed by atoms with Gasteiger partial charge in [0, 0.05) is 12.1 Å². The number of carbonyl (C=O) groups excluding carboxylic acids is 2. The van der Waals surface area contributed by atoms with Crippen molar-refractivity contribution in [1.29, 1.82) is 0 Å². The molecule has 0 saturated carbocycles. The summed E-state index contributed by atoms with van der Waals surface area (Å²) < 4.78 is 9.74. The fourth-order valence-electron chi connectivity index (χ4n) is 1.89. The lowest BCUT2D eigenvalue weighted by atomic mass is 10.1. The maximum absolute atomic E-state index is 11.7. The Kier molecular flexibility index (Phi) is 5.36. The Hall–Kier alpha value is -2.04. The quantitative estimate of drug-likeness (QED) is 0.829. The minimum atomic E-state index is -0.391. The summed E-state index contributed by atoms with van der Waals surface area (Å²) in [6.07, 6.45) is 0.188. The van der Waals surface area contributed by atoms with E-state index in [1.807, 2.05) is 26.0 Å². The van der Waals surface area contributed by atoms with Gasteiger partial charge in [0.2, 0.25) is 5.91 Å². The first-order chi connectivity index (χ1) is 8.97. The monoisotopic (exact) mass is 265 g/mol. The summed E-state index contributed by atoms with van der Waals surface area (Å²) >= 11 is 0. The van der Waals surface area contributed by atoms with Gasteiger partial charge in [-0.1, -0.05) is 0 Å². The van der Waals surface area contributed by atoms with Crippen molar-refractivity contribution in [3.63, 3.8) is 0 Å². The number of carbonyl (C=O) groups is 2. The molecule has 5 heteroatoms. The van der Waals surface area contributed by atoms with Crippen LogP contribution in [0.15, 0.2) is 12.1 Å². The molecule has 1 amide bonds. The molecule has 0 bridgehead atoms. The topological polar surface area (TPSA) is 64.6 Å². The fourth-order valence-corrected chi connectivity index (χ4v) is 1.89. The summed E-state index contributed by atoms with van der Waals surface area (Å²) in [5.74, 6) is 0.208. The third-order valence-electron chi connectivity index (χ3n) is 2.73. The molecule has 0 aliphatic carbocycles. The third kappa shape index (κ3) is 4.28. The second-order valence-electron chi connectivity index (χ2n) is 4.27. The summed E-state index contributed by atoms with van der Waals surface area (Å²) in [5.41, 5.74) is 2.60. The van der Waals surface area contributed by atoms with Gasteiger partial charge in [-0.25, -0.2) is 0 Å². The van der Waals surface area contributed by atoms with Crippen LogP contribution in [0.25, 0.3) is 0 Å². The molecule has 0 unspecified atom stereocenters. The SMILES string of the molecule is COC(=O)CCC(=O)Nc1cc(C)c(OC)c(C)c1. The summed E-state index contributed by atoms with van der Waals surface area (Å²) in [7, 11) is 2.92. The summed E-state index contributed by atoms with van der Waals surface area (Å²) in [6, 6.07) is 3.67. The van der Waals surface area contributed by atoms with Crippen molar-refractivity contribution in [3.8, 4) is 5.75 Å². The highest BCUT2D eigenvalue weighted by Gasteiger charge is 2.09. The highest BCUT2D eigenvalue weighted by atomic mass is 16.5. The molecule has 5 nitrogen and oxygen atoms in total. The lowest BCUT2D eigenvalue weighted by Gasteiger charge is -2.12. The zero-order chi connectivity index (χ0) is 14.4. The van der Waals surface area contributed by atoms with Crippen LogP contribution in [0, 0.1) is 13.8 Å². The van der Waals surface area contributed by atoms with Gasteiger partial charge in [0.25, 0.3) is 0 Å². The minimum absolute atomic E-state index is 0.0798. The first-order valence-corrected chi connectivity index (χ1v) is 5.99. The normalized spacial score (nSPS) is 9.89. The maximum atomic E-state index is 11.7. The van der Waals surface area contributed by atoms with Crippen LogP contribution in [0.3, 0.4) is 0 Å². The van der Waals surface area contributed by atoms with Crippen LogP contribution in [-0.2, 0) is 14.3 Å². The van der Waals surface area contributed by atoms with Crippen molar-refractivity contribution in [3.05, 3.63) is 23.3 Å². The molecule has 0 aliphatic heterocycles. The third-order valence-corrected chi connectivity index (χ3v) is 2.73. The molecule has 104 valence electrons. The van der Waals surface area contributed by atoms with E-state index in [1.165, 1.54) is 7.11 Å². The molecule has 0 spiro atoms. The first-order valence-electron chi connectivity index (χ1n) is 5.99. The van der Waals surface area contributed by atoms with Crippen molar-refractivity contribution >= 4 is 17.6 Å². The van der Waals surface area contributed by atoms with Gasteiger partial charge in [-0.2, -0.15) is 0 Å². The Bertz CT molecular complexity index is 459. The molecule has 0 saturated heterocycles. The Labute approximate surface area is 112 Å². The Balaban J connectivity index is 2.67. The van der Waals surface area contributed by atoms with Crippen LogP contribution in [0.4, 0.5) is 5.69 Å². The first kappa shape index (κ1) is 15.0. The zero-order valence-electron chi connectivity index (χ0n) is 11.7. The van der Waals surface area contributed by atoms with Crippen LogP contribution in [0.1, 0.15) is 24.0 Å². The van der Waals surface area contributed by atoms with E-state index in [1.54, 1.807) is 7.11 Å². The number of amides is 1. The van der Waals surface area contributed by atoms with E-state index in [0.717, 1.165) is 16.9 Å². The van der Waals surface area contributed by atoms with Crippen molar-refractivity contribution in [1.82, 2.24) is 0 Å². The van der Waals surface area contributed by atoms with Gasteiger partial charge in [0.05, 0.1) is 20.6 Å². The minimum Gasteiger partial charge on any atom is -0.496 e. The highest BCUT2D eigenvalue weighted by Crippen LogP contribution is 2.26. The van der Waals surface area contributed by atoms with Gasteiger partial charge in [-0.3, -0.25) is 9.59 Å². The molecule has 0 aliphatic rings. The van der Waals surface area contributed by atoms with E-state index in [-0.39, 0.29) is 18.7 Å². The Morgan fingerprint density at radius 1 is 1.11 bits per heavy atom. The number of methoxy groups -OCH3 is 2. The van der Waals surface area contributed by atoms with Crippen LogP contribution < -0.4 is 10.1 Å². The lowest BCUT2D eigenvalue weighted by molar-refractivity contribution is -0.141. The molecule has 0 aromatic heterocycles. The van der Waals surface area contributed by atoms with E-state index in [9.17, 15) is 9.59 Å². The smallest absolute Gasteiger partial charge is 0.306 e. The molecule has 1 N–H and O–H groups in total. The van der Waals surface area contributed by atoms with Crippen molar-refractivity contribution in [2.75, 3.05) is 19.5 Å². The van der Waals surface area contributed by atoms with E-state index in [0.29, 0.717) is 5.69 Å². The number of aryl methyl sites for hydroxylation is 2. The number of benzene rings is 1. The van der Waals surface area contributed by atoms with Crippen LogP contribution >= 0.6 is 0 Å². The standard InChI is InChI=1S/C14H19NO4/c1-9-7-11(8-10(2)14(9)19-4)15-12(16)5-6-13(17)18-3/h7-8H,5-6H2,1-4H3,(H,15,16). The molecule has 19 heavy (non-hydrogen) atoms. The van der Waals surface area contributed by atoms with E-state index < -0.39 is 5.97 Å². The molecule has 1 rings (SSSR count). The number of ether oxygens (including phenoxy) is 2. The van der Waals surface area contributed by atoms with E-state index in [2.05, 4.69) is 10.1 Å². The average Bonchev–Trinajstić information content (AvgIpc) is 2.35. The molecule has 0 atom stereocenters. The van der Waals surface area contributed by atoms with Gasteiger partial charge < -0.3 is 14.8 Å². The predicted molar refractivity (Wildman–Crippen MR) is 72.3 cm³/mol. The van der Waals surface area contributed by atoms with Crippen molar-refractivity contribution in [2.24, 2.45) is 0 Å². The van der Waals surface area contributed by atoms with Crippen LogP contribution in [0.2, 0.25) is 0 Å². The second kappa shape index (κ2) is 6.78. The highest BCUT2D eigenvalue weighted by molar-refractivity contribution is 5.92. The van der Waals surface area contributed by atoms with Crippen LogP contribution in [-0.4, -0.2) is 26.1 Å². The lowest BCUT2D eigenvalue weighted by Crippen LogP contribution is -2.14. The Morgan fingerprint density at radius 2 is 1.68 bits per heavy atom. The van der Waals surface area contributed by atoms with Crippen molar-refractivity contribution in [2.45, 2.75) is 26.7 Å². The largest absolute Gasteiger partial charge is 0.496 e. The number of hydrogen-bond acceptors (Lipinski definition) is 4. The van der Waals surface area contributed by atoms with Gasteiger partial charge >= 0.3 is 5.97 Å². The second-order valence-corrected chi connectivity index (χ2v) is 4.27. The van der Waals surface area contributed by atoms with Gasteiger partial charge in [0.15, 0.2) is 0 Å². The van der Waals surface area contributed by atoms with Gasteiger partial charge in [0.1, 0.15) is 5.75 Å².